The highest BCUT2D eigenvalue weighted by atomic mass is 16.2. The van der Waals surface area contributed by atoms with Crippen molar-refractivity contribution < 1.29 is 4.79 Å². The van der Waals surface area contributed by atoms with Crippen molar-refractivity contribution in [1.29, 1.82) is 0 Å². The molecular formula is C23H30N4O. The molecule has 28 heavy (non-hydrogen) atoms. The van der Waals surface area contributed by atoms with Crippen molar-refractivity contribution in [1.82, 2.24) is 20.2 Å². The van der Waals surface area contributed by atoms with Crippen molar-refractivity contribution in [2.45, 2.75) is 39.7 Å². The average Bonchev–Trinajstić information content (AvgIpc) is 3.07. The number of pyridine rings is 1. The maximum atomic E-state index is 12.3. The summed E-state index contributed by atoms with van der Waals surface area (Å²) >= 11 is 0. The second kappa shape index (κ2) is 9.40. The molecule has 0 aliphatic heterocycles. The van der Waals surface area contributed by atoms with E-state index in [1.165, 1.54) is 16.5 Å². The largest absolute Gasteiger partial charge is 0.347 e. The van der Waals surface area contributed by atoms with Gasteiger partial charge in [0.2, 0.25) is 0 Å². The van der Waals surface area contributed by atoms with E-state index in [4.69, 9.17) is 0 Å². The van der Waals surface area contributed by atoms with E-state index in [1.54, 1.807) is 6.20 Å². The Kier molecular flexibility index (Phi) is 6.69. The predicted octanol–water partition coefficient (Wildman–Crippen LogP) is 4.53. The van der Waals surface area contributed by atoms with E-state index in [-0.39, 0.29) is 11.9 Å². The molecule has 0 unspecified atom stereocenters. The van der Waals surface area contributed by atoms with Gasteiger partial charge in [-0.25, -0.2) is 4.79 Å². The van der Waals surface area contributed by atoms with Gasteiger partial charge in [0.05, 0.1) is 0 Å². The summed E-state index contributed by atoms with van der Waals surface area (Å²) in [6, 6.07) is 12.3. The van der Waals surface area contributed by atoms with E-state index in [2.05, 4.69) is 77.5 Å². The molecule has 0 saturated heterocycles. The molecular weight excluding hydrogens is 348 g/mol. The fraction of sp³-hybridized carbons (Fsp3) is 0.391. The highest BCUT2D eigenvalue weighted by molar-refractivity contribution is 5.85. The van der Waals surface area contributed by atoms with Crippen LogP contribution in [0.5, 0.6) is 0 Å². The molecule has 0 radical (unpaired) electrons. The summed E-state index contributed by atoms with van der Waals surface area (Å²) in [6.45, 7) is 8.58. The lowest BCUT2D eigenvalue weighted by atomic mass is 9.92. The number of aryl methyl sites for hydroxylation is 1. The number of para-hydroxylation sites is 1. The number of nitrogens with one attached hydrogen (secondary N) is 2. The van der Waals surface area contributed by atoms with Gasteiger partial charge < -0.3 is 15.2 Å². The van der Waals surface area contributed by atoms with E-state index in [1.807, 2.05) is 12.3 Å². The summed E-state index contributed by atoms with van der Waals surface area (Å²) < 4.78 is 2.26. The van der Waals surface area contributed by atoms with Crippen LogP contribution in [0.3, 0.4) is 0 Å². The summed E-state index contributed by atoms with van der Waals surface area (Å²) in [5.41, 5.74) is 3.53. The average molecular weight is 379 g/mol. The summed E-state index contributed by atoms with van der Waals surface area (Å²) in [4.78, 5) is 16.6. The fourth-order valence-corrected chi connectivity index (χ4v) is 3.54. The third kappa shape index (κ3) is 4.71. The summed E-state index contributed by atoms with van der Waals surface area (Å²) in [7, 11) is 0. The number of amides is 2. The fourth-order valence-electron chi connectivity index (χ4n) is 3.54. The Labute approximate surface area is 167 Å². The molecule has 0 bridgehead atoms. The Hall–Kier alpha value is -2.82. The lowest BCUT2D eigenvalue weighted by Crippen LogP contribution is -2.38. The summed E-state index contributed by atoms with van der Waals surface area (Å²) in [5.74, 6) is 0.617. The van der Waals surface area contributed by atoms with Gasteiger partial charge in [0.1, 0.15) is 0 Å². The van der Waals surface area contributed by atoms with Crippen LogP contribution in [0.15, 0.2) is 55.0 Å². The molecule has 148 valence electrons. The Morgan fingerprint density at radius 2 is 1.96 bits per heavy atom. The van der Waals surface area contributed by atoms with Crippen molar-refractivity contribution in [2.24, 2.45) is 5.92 Å². The zero-order valence-corrected chi connectivity index (χ0v) is 17.0. The SMILES string of the molecule is CCn1cc([C@H](CNC(=O)NCCC(C)C)c2cccnc2)c2ccccc21. The molecule has 3 aromatic rings. The maximum absolute atomic E-state index is 12.3. The van der Waals surface area contributed by atoms with Crippen molar-refractivity contribution in [3.05, 3.63) is 66.1 Å². The van der Waals surface area contributed by atoms with Gasteiger partial charge in [-0.3, -0.25) is 4.98 Å². The van der Waals surface area contributed by atoms with Crippen LogP contribution in [0.25, 0.3) is 10.9 Å². The summed E-state index contributed by atoms with van der Waals surface area (Å²) in [5, 5.41) is 7.24. The van der Waals surface area contributed by atoms with Gasteiger partial charge in [0.15, 0.2) is 0 Å². The molecule has 5 nitrogen and oxygen atoms in total. The first-order valence-corrected chi connectivity index (χ1v) is 10.1. The van der Waals surface area contributed by atoms with Gasteiger partial charge in [0, 0.05) is 55.0 Å². The van der Waals surface area contributed by atoms with Crippen LogP contribution >= 0.6 is 0 Å². The number of aromatic nitrogens is 2. The quantitative estimate of drug-likeness (QED) is 0.605. The zero-order chi connectivity index (χ0) is 19.9. The van der Waals surface area contributed by atoms with E-state index in [0.717, 1.165) is 18.5 Å². The maximum Gasteiger partial charge on any atom is 0.314 e. The number of hydrogen-bond donors (Lipinski definition) is 2. The van der Waals surface area contributed by atoms with Gasteiger partial charge in [-0.1, -0.05) is 38.1 Å². The molecule has 2 amide bonds. The first-order chi connectivity index (χ1) is 13.6. The van der Waals surface area contributed by atoms with E-state index in [9.17, 15) is 4.79 Å². The lowest BCUT2D eigenvalue weighted by Gasteiger charge is -2.18. The minimum Gasteiger partial charge on any atom is -0.347 e. The van der Waals surface area contributed by atoms with Crippen LogP contribution in [-0.4, -0.2) is 28.7 Å². The van der Waals surface area contributed by atoms with E-state index >= 15 is 0 Å². The number of hydrogen-bond acceptors (Lipinski definition) is 2. The molecule has 2 N–H and O–H groups in total. The molecule has 2 heterocycles. The Bertz CT molecular complexity index is 901. The number of carbonyl (C=O) groups excluding carboxylic acids is 1. The van der Waals surface area contributed by atoms with Crippen LogP contribution in [0.2, 0.25) is 0 Å². The normalized spacial score (nSPS) is 12.3. The summed E-state index contributed by atoms with van der Waals surface area (Å²) in [6.07, 6.45) is 6.85. The Morgan fingerprint density at radius 1 is 1.14 bits per heavy atom. The second-order valence-corrected chi connectivity index (χ2v) is 7.55. The molecule has 0 saturated carbocycles. The minimum atomic E-state index is -0.117. The van der Waals surface area contributed by atoms with Crippen molar-refractivity contribution >= 4 is 16.9 Å². The number of nitrogens with zero attached hydrogens (tertiary/aromatic N) is 2. The number of rotatable bonds is 8. The van der Waals surface area contributed by atoms with Gasteiger partial charge in [0.25, 0.3) is 0 Å². The topological polar surface area (TPSA) is 59.0 Å². The Balaban J connectivity index is 1.84. The standard InChI is InChI=1S/C23H30N4O/c1-4-27-16-21(19-9-5-6-10-22(19)27)20(18-8-7-12-24-14-18)15-26-23(28)25-13-11-17(2)3/h5-10,12,14,16-17,20H,4,11,13,15H2,1-3H3,(H2,25,26,28)/t20-/m1/s1. The number of carbonyl (C=O) groups is 1. The monoisotopic (exact) mass is 378 g/mol. The predicted molar refractivity (Wildman–Crippen MR) is 115 cm³/mol. The molecule has 0 fully saturated rings. The van der Waals surface area contributed by atoms with Gasteiger partial charge in [-0.2, -0.15) is 0 Å². The number of fused-ring (bicyclic) bond motifs is 1. The molecule has 0 aliphatic rings. The van der Waals surface area contributed by atoms with Crippen molar-refractivity contribution in [3.8, 4) is 0 Å². The van der Waals surface area contributed by atoms with Crippen molar-refractivity contribution in [3.63, 3.8) is 0 Å². The molecule has 5 heteroatoms. The third-order valence-corrected chi connectivity index (χ3v) is 5.10. The number of benzene rings is 1. The first kappa shape index (κ1) is 19.9. The molecule has 0 aliphatic carbocycles. The molecule has 0 spiro atoms. The number of urea groups is 1. The minimum absolute atomic E-state index is 0.0437. The first-order valence-electron chi connectivity index (χ1n) is 10.1. The van der Waals surface area contributed by atoms with Gasteiger partial charge in [-0.05, 0) is 42.5 Å². The zero-order valence-electron chi connectivity index (χ0n) is 17.0. The van der Waals surface area contributed by atoms with Gasteiger partial charge >= 0.3 is 6.03 Å². The van der Waals surface area contributed by atoms with Crippen LogP contribution in [0, 0.1) is 5.92 Å². The van der Waals surface area contributed by atoms with Gasteiger partial charge in [-0.15, -0.1) is 0 Å². The molecule has 1 atom stereocenters. The lowest BCUT2D eigenvalue weighted by molar-refractivity contribution is 0.240. The molecule has 2 aromatic heterocycles. The third-order valence-electron chi connectivity index (χ3n) is 5.10. The van der Waals surface area contributed by atoms with Crippen LogP contribution in [0.1, 0.15) is 44.2 Å². The molecule has 3 rings (SSSR count). The highest BCUT2D eigenvalue weighted by Gasteiger charge is 2.20. The smallest absolute Gasteiger partial charge is 0.314 e. The van der Waals surface area contributed by atoms with Crippen LogP contribution in [0.4, 0.5) is 4.79 Å². The second-order valence-electron chi connectivity index (χ2n) is 7.55. The van der Waals surface area contributed by atoms with Crippen LogP contribution < -0.4 is 10.6 Å². The highest BCUT2D eigenvalue weighted by Crippen LogP contribution is 2.31. The van der Waals surface area contributed by atoms with E-state index < -0.39 is 0 Å². The van der Waals surface area contributed by atoms with Crippen LogP contribution in [-0.2, 0) is 6.54 Å². The molecule has 1 aromatic carbocycles. The Morgan fingerprint density at radius 3 is 2.68 bits per heavy atom. The van der Waals surface area contributed by atoms with Crippen molar-refractivity contribution in [2.75, 3.05) is 13.1 Å². The van der Waals surface area contributed by atoms with E-state index in [0.29, 0.717) is 19.0 Å².